The molecule has 1 amide bonds. The molecule has 2 N–H and O–H groups in total. The lowest BCUT2D eigenvalue weighted by atomic mass is 10.2. The van der Waals surface area contributed by atoms with Crippen molar-refractivity contribution in [2.45, 2.75) is 38.3 Å². The second kappa shape index (κ2) is 2.86. The first-order valence-corrected chi connectivity index (χ1v) is 5.13. The average Bonchev–Trinajstić information content (AvgIpc) is 2.48. The molecule has 0 unspecified atom stereocenters. The van der Waals surface area contributed by atoms with Crippen molar-refractivity contribution in [3.63, 3.8) is 0 Å². The summed E-state index contributed by atoms with van der Waals surface area (Å²) in [7, 11) is 0. The van der Waals surface area contributed by atoms with Crippen LogP contribution in [0.2, 0.25) is 0 Å². The Kier molecular flexibility index (Phi) is 2.00. The van der Waals surface area contributed by atoms with E-state index < -0.39 is 5.60 Å². The van der Waals surface area contributed by atoms with Gasteiger partial charge in [0, 0.05) is 13.1 Å². The van der Waals surface area contributed by atoms with Gasteiger partial charge in [-0.1, -0.05) is 0 Å². The fraction of sp³-hybridized carbons (Fsp3) is 0.900. The smallest absolute Gasteiger partial charge is 0.408 e. The number of hydrogen-bond donors (Lipinski definition) is 2. The number of rotatable bonds is 1. The summed E-state index contributed by atoms with van der Waals surface area (Å²) in [5, 5.41) is 6.22. The molecule has 0 aromatic carbocycles. The number of amides is 1. The summed E-state index contributed by atoms with van der Waals surface area (Å²) in [6.07, 6.45) is 0.808. The molecule has 4 heteroatoms. The van der Waals surface area contributed by atoms with Crippen LogP contribution in [0.5, 0.6) is 0 Å². The van der Waals surface area contributed by atoms with E-state index >= 15 is 0 Å². The highest BCUT2D eigenvalue weighted by atomic mass is 16.6. The first-order valence-electron chi connectivity index (χ1n) is 5.13. The molecule has 14 heavy (non-hydrogen) atoms. The first kappa shape index (κ1) is 9.77. The molecule has 0 aromatic heterocycles. The minimum atomic E-state index is -0.406. The lowest BCUT2D eigenvalue weighted by Gasteiger charge is -2.22. The Bertz CT molecular complexity index is 259. The van der Waals surface area contributed by atoms with Crippen LogP contribution in [0.3, 0.4) is 0 Å². The third kappa shape index (κ3) is 1.85. The highest BCUT2D eigenvalue weighted by Gasteiger charge is 2.58. The molecule has 0 spiro atoms. The monoisotopic (exact) mass is 198 g/mol. The van der Waals surface area contributed by atoms with Gasteiger partial charge in [0.1, 0.15) is 5.60 Å². The summed E-state index contributed by atoms with van der Waals surface area (Å²) in [6.45, 7) is 7.54. The lowest BCUT2D eigenvalue weighted by Crippen LogP contribution is -2.43. The number of ether oxygens (including phenoxy) is 1. The summed E-state index contributed by atoms with van der Waals surface area (Å²) in [5.74, 6) is 0.620. The predicted molar refractivity (Wildman–Crippen MR) is 53.1 cm³/mol. The molecule has 2 fully saturated rings. The van der Waals surface area contributed by atoms with E-state index in [1.807, 2.05) is 20.8 Å². The number of hydrogen-bond acceptors (Lipinski definition) is 3. The maximum atomic E-state index is 11.5. The van der Waals surface area contributed by atoms with Crippen LogP contribution in [-0.4, -0.2) is 30.3 Å². The zero-order valence-corrected chi connectivity index (χ0v) is 9.02. The van der Waals surface area contributed by atoms with Crippen molar-refractivity contribution in [2.75, 3.05) is 13.1 Å². The van der Waals surface area contributed by atoms with E-state index in [-0.39, 0.29) is 11.6 Å². The van der Waals surface area contributed by atoms with Crippen LogP contribution >= 0.6 is 0 Å². The van der Waals surface area contributed by atoms with Gasteiger partial charge >= 0.3 is 6.09 Å². The van der Waals surface area contributed by atoms with E-state index in [9.17, 15) is 4.79 Å². The minimum absolute atomic E-state index is 0.0162. The van der Waals surface area contributed by atoms with Crippen molar-refractivity contribution in [2.24, 2.45) is 5.92 Å². The van der Waals surface area contributed by atoms with Crippen molar-refractivity contribution in [3.8, 4) is 0 Å². The summed E-state index contributed by atoms with van der Waals surface area (Å²) in [6, 6.07) is 0. The predicted octanol–water partition coefficient (Wildman–Crippen LogP) is 0.873. The number of piperidine rings is 1. The molecular formula is C10H18N2O2. The summed E-state index contributed by atoms with van der Waals surface area (Å²) < 4.78 is 5.21. The fourth-order valence-corrected chi connectivity index (χ4v) is 2.04. The Balaban J connectivity index is 1.84. The van der Waals surface area contributed by atoms with E-state index in [1.165, 1.54) is 0 Å². The maximum absolute atomic E-state index is 11.5. The Labute approximate surface area is 84.4 Å². The van der Waals surface area contributed by atoms with Gasteiger partial charge in [0.2, 0.25) is 0 Å². The number of nitrogens with one attached hydrogen (secondary N) is 2. The number of carbonyl (C=O) groups is 1. The van der Waals surface area contributed by atoms with Crippen molar-refractivity contribution < 1.29 is 9.53 Å². The molecule has 1 saturated heterocycles. The average molecular weight is 198 g/mol. The largest absolute Gasteiger partial charge is 0.444 e. The van der Waals surface area contributed by atoms with Crippen LogP contribution in [0, 0.1) is 5.92 Å². The van der Waals surface area contributed by atoms with Crippen LogP contribution in [0.15, 0.2) is 0 Å². The van der Waals surface area contributed by atoms with E-state index in [1.54, 1.807) is 0 Å². The standard InChI is InChI=1S/C10H18N2O2/c1-9(2,3)14-8(13)12-10-4-7(10)5-11-6-10/h7,11H,4-6H2,1-3H3,(H,12,13)/t7-,10+/m0/s1. The van der Waals surface area contributed by atoms with E-state index in [2.05, 4.69) is 10.6 Å². The molecular weight excluding hydrogens is 180 g/mol. The van der Waals surface area contributed by atoms with Gasteiger partial charge in [0.25, 0.3) is 0 Å². The molecule has 1 aliphatic heterocycles. The molecule has 2 aliphatic rings. The van der Waals surface area contributed by atoms with Gasteiger partial charge in [-0.15, -0.1) is 0 Å². The van der Waals surface area contributed by atoms with Crippen LogP contribution in [-0.2, 0) is 4.74 Å². The molecule has 0 radical (unpaired) electrons. The molecule has 1 heterocycles. The molecule has 2 atom stereocenters. The van der Waals surface area contributed by atoms with Gasteiger partial charge in [-0.3, -0.25) is 0 Å². The van der Waals surface area contributed by atoms with Crippen molar-refractivity contribution in [1.82, 2.24) is 10.6 Å². The second-order valence-corrected chi connectivity index (χ2v) is 5.31. The van der Waals surface area contributed by atoms with Crippen LogP contribution in [0.25, 0.3) is 0 Å². The molecule has 80 valence electrons. The Morgan fingerprint density at radius 1 is 1.57 bits per heavy atom. The van der Waals surface area contributed by atoms with Gasteiger partial charge in [0.05, 0.1) is 5.54 Å². The highest BCUT2D eigenvalue weighted by Crippen LogP contribution is 2.46. The van der Waals surface area contributed by atoms with Gasteiger partial charge in [0.15, 0.2) is 0 Å². The zero-order chi connectivity index (χ0) is 10.4. The molecule has 0 bridgehead atoms. The third-order valence-electron chi connectivity index (χ3n) is 2.81. The van der Waals surface area contributed by atoms with Crippen LogP contribution in [0.1, 0.15) is 27.2 Å². The van der Waals surface area contributed by atoms with Gasteiger partial charge in [-0.2, -0.15) is 0 Å². The number of carbonyl (C=O) groups excluding carboxylic acids is 1. The van der Waals surface area contributed by atoms with E-state index in [0.29, 0.717) is 5.92 Å². The molecule has 1 aliphatic carbocycles. The molecule has 2 rings (SSSR count). The topological polar surface area (TPSA) is 50.4 Å². The maximum Gasteiger partial charge on any atom is 0.408 e. The van der Waals surface area contributed by atoms with Crippen LogP contribution < -0.4 is 10.6 Å². The van der Waals surface area contributed by atoms with Crippen molar-refractivity contribution in [1.29, 1.82) is 0 Å². The van der Waals surface area contributed by atoms with Crippen LogP contribution in [0.4, 0.5) is 4.79 Å². The normalized spacial score (nSPS) is 34.9. The Morgan fingerprint density at radius 3 is 2.71 bits per heavy atom. The van der Waals surface area contributed by atoms with E-state index in [4.69, 9.17) is 4.74 Å². The summed E-state index contributed by atoms with van der Waals surface area (Å²) >= 11 is 0. The first-order chi connectivity index (χ1) is 6.41. The second-order valence-electron chi connectivity index (χ2n) is 5.31. The third-order valence-corrected chi connectivity index (χ3v) is 2.81. The highest BCUT2D eigenvalue weighted by molar-refractivity contribution is 5.70. The van der Waals surface area contributed by atoms with Gasteiger partial charge in [-0.05, 0) is 33.1 Å². The molecule has 0 aromatic rings. The molecule has 4 nitrogen and oxygen atoms in total. The quantitative estimate of drug-likeness (QED) is 0.657. The summed E-state index contributed by atoms with van der Waals surface area (Å²) in [4.78, 5) is 11.5. The lowest BCUT2D eigenvalue weighted by molar-refractivity contribution is 0.0497. The van der Waals surface area contributed by atoms with E-state index in [0.717, 1.165) is 19.5 Å². The van der Waals surface area contributed by atoms with Crippen molar-refractivity contribution in [3.05, 3.63) is 0 Å². The number of fused-ring (bicyclic) bond motifs is 1. The minimum Gasteiger partial charge on any atom is -0.444 e. The Hall–Kier alpha value is -0.770. The van der Waals surface area contributed by atoms with Crippen molar-refractivity contribution >= 4 is 6.09 Å². The SMILES string of the molecule is CC(C)(C)OC(=O)N[C@]12CNC[C@@H]1C2. The number of alkyl carbamates (subject to hydrolysis) is 1. The van der Waals surface area contributed by atoms with Gasteiger partial charge < -0.3 is 15.4 Å². The Morgan fingerprint density at radius 2 is 2.29 bits per heavy atom. The summed E-state index contributed by atoms with van der Waals surface area (Å²) in [5.41, 5.74) is -0.389. The zero-order valence-electron chi connectivity index (χ0n) is 9.02. The fourth-order valence-electron chi connectivity index (χ4n) is 2.04. The van der Waals surface area contributed by atoms with Gasteiger partial charge in [-0.25, -0.2) is 4.79 Å². The molecule has 1 saturated carbocycles.